The molecule has 0 bridgehead atoms. The Labute approximate surface area is 166 Å². The van der Waals surface area contributed by atoms with Gasteiger partial charge in [-0.1, -0.05) is 53.7 Å². The van der Waals surface area contributed by atoms with Crippen molar-refractivity contribution in [3.63, 3.8) is 0 Å². The summed E-state index contributed by atoms with van der Waals surface area (Å²) in [4.78, 5) is 1.84. The van der Waals surface area contributed by atoms with Crippen LogP contribution in [0.25, 0.3) is 0 Å². The molecule has 0 aromatic heterocycles. The number of hydrogen-bond donors (Lipinski definition) is 2. The van der Waals surface area contributed by atoms with Crippen LogP contribution >= 0.6 is 23.5 Å². The SMILES string of the molecule is CC(C)(C)c1ccc(O)c(SCCSc2cc(C(C)(C)C)ccc2O)c1. The van der Waals surface area contributed by atoms with E-state index in [1.165, 1.54) is 11.1 Å². The quantitative estimate of drug-likeness (QED) is 0.447. The molecule has 4 heteroatoms. The molecule has 0 spiro atoms. The third-order valence-corrected chi connectivity index (χ3v) is 6.60. The zero-order valence-electron chi connectivity index (χ0n) is 16.6. The number of hydrogen-bond acceptors (Lipinski definition) is 4. The molecule has 0 aliphatic carbocycles. The van der Waals surface area contributed by atoms with Gasteiger partial charge in [-0.15, -0.1) is 23.5 Å². The van der Waals surface area contributed by atoms with E-state index in [1.807, 2.05) is 12.1 Å². The first-order valence-electron chi connectivity index (χ1n) is 8.91. The van der Waals surface area contributed by atoms with Crippen molar-refractivity contribution in [2.75, 3.05) is 11.5 Å². The maximum Gasteiger partial charge on any atom is 0.129 e. The van der Waals surface area contributed by atoms with Gasteiger partial charge in [0.05, 0.1) is 0 Å². The molecule has 0 saturated carbocycles. The molecule has 142 valence electrons. The lowest BCUT2D eigenvalue weighted by Gasteiger charge is -2.20. The predicted octanol–water partition coefficient (Wildman–Crippen LogP) is 6.58. The summed E-state index contributed by atoms with van der Waals surface area (Å²) in [7, 11) is 0. The fourth-order valence-corrected chi connectivity index (χ4v) is 4.45. The second-order valence-electron chi connectivity index (χ2n) is 8.56. The van der Waals surface area contributed by atoms with Gasteiger partial charge in [-0.25, -0.2) is 0 Å². The number of rotatable bonds is 5. The fourth-order valence-electron chi connectivity index (χ4n) is 2.50. The topological polar surface area (TPSA) is 40.5 Å². The van der Waals surface area contributed by atoms with Gasteiger partial charge in [-0.05, 0) is 46.2 Å². The van der Waals surface area contributed by atoms with Crippen molar-refractivity contribution in [3.05, 3.63) is 47.5 Å². The van der Waals surface area contributed by atoms with E-state index >= 15 is 0 Å². The minimum absolute atomic E-state index is 0.0664. The molecule has 2 rings (SSSR count). The largest absolute Gasteiger partial charge is 0.507 e. The van der Waals surface area contributed by atoms with Gasteiger partial charge in [-0.2, -0.15) is 0 Å². The van der Waals surface area contributed by atoms with Crippen LogP contribution in [0.15, 0.2) is 46.2 Å². The summed E-state index contributed by atoms with van der Waals surface area (Å²) >= 11 is 3.32. The average Bonchev–Trinajstić information content (AvgIpc) is 2.52. The summed E-state index contributed by atoms with van der Waals surface area (Å²) in [5, 5.41) is 20.2. The molecule has 0 radical (unpaired) electrons. The molecule has 0 unspecified atom stereocenters. The maximum absolute atomic E-state index is 10.1. The van der Waals surface area contributed by atoms with Crippen LogP contribution in [0, 0.1) is 0 Å². The minimum Gasteiger partial charge on any atom is -0.507 e. The van der Waals surface area contributed by atoms with Crippen LogP contribution in [0.3, 0.4) is 0 Å². The Morgan fingerprint density at radius 2 is 1.00 bits per heavy atom. The van der Waals surface area contributed by atoms with Crippen LogP contribution in [0.4, 0.5) is 0 Å². The Hall–Kier alpha value is -1.26. The zero-order valence-corrected chi connectivity index (χ0v) is 18.2. The lowest BCUT2D eigenvalue weighted by Crippen LogP contribution is -2.10. The molecule has 0 aliphatic rings. The molecular formula is C22H30O2S2. The summed E-state index contributed by atoms with van der Waals surface area (Å²) in [5.41, 5.74) is 2.58. The molecule has 26 heavy (non-hydrogen) atoms. The van der Waals surface area contributed by atoms with Crippen molar-refractivity contribution in [2.45, 2.75) is 62.2 Å². The van der Waals surface area contributed by atoms with Gasteiger partial charge in [0.1, 0.15) is 11.5 Å². The monoisotopic (exact) mass is 390 g/mol. The van der Waals surface area contributed by atoms with Crippen molar-refractivity contribution < 1.29 is 10.2 Å². The summed E-state index contributed by atoms with van der Waals surface area (Å²) < 4.78 is 0. The second-order valence-corrected chi connectivity index (χ2v) is 10.8. The van der Waals surface area contributed by atoms with Crippen LogP contribution < -0.4 is 0 Å². The molecule has 2 aromatic rings. The summed E-state index contributed by atoms with van der Waals surface area (Å²) in [6.07, 6.45) is 0. The molecule has 0 saturated heterocycles. The van der Waals surface area contributed by atoms with Crippen molar-refractivity contribution in [1.82, 2.24) is 0 Å². The van der Waals surface area contributed by atoms with Crippen LogP contribution in [-0.2, 0) is 10.8 Å². The highest BCUT2D eigenvalue weighted by Gasteiger charge is 2.17. The number of benzene rings is 2. The lowest BCUT2D eigenvalue weighted by atomic mass is 9.87. The lowest BCUT2D eigenvalue weighted by molar-refractivity contribution is 0.460. The second kappa shape index (κ2) is 8.18. The molecule has 0 atom stereocenters. The average molecular weight is 391 g/mol. The molecule has 0 aliphatic heterocycles. The Bertz CT molecular complexity index is 690. The van der Waals surface area contributed by atoms with E-state index in [0.29, 0.717) is 11.5 Å². The predicted molar refractivity (Wildman–Crippen MR) is 115 cm³/mol. The van der Waals surface area contributed by atoms with E-state index in [2.05, 4.69) is 53.7 Å². The Morgan fingerprint density at radius 1 is 0.654 bits per heavy atom. The Kier molecular flexibility index (Phi) is 6.62. The summed E-state index contributed by atoms with van der Waals surface area (Å²) in [6.45, 7) is 13.1. The normalized spacial score (nSPS) is 12.4. The van der Waals surface area contributed by atoms with Gasteiger partial charge >= 0.3 is 0 Å². The highest BCUT2D eigenvalue weighted by Crippen LogP contribution is 2.36. The molecule has 0 fully saturated rings. The van der Waals surface area contributed by atoms with Gasteiger partial charge in [0.25, 0.3) is 0 Å². The highest BCUT2D eigenvalue weighted by atomic mass is 32.2. The van der Waals surface area contributed by atoms with Crippen molar-refractivity contribution in [3.8, 4) is 11.5 Å². The van der Waals surface area contributed by atoms with Gasteiger partial charge in [0.2, 0.25) is 0 Å². The van der Waals surface area contributed by atoms with Gasteiger partial charge in [0, 0.05) is 21.3 Å². The number of aromatic hydroxyl groups is 2. The third kappa shape index (κ3) is 5.62. The van der Waals surface area contributed by atoms with Crippen molar-refractivity contribution in [1.29, 1.82) is 0 Å². The van der Waals surface area contributed by atoms with Crippen LogP contribution in [0.2, 0.25) is 0 Å². The van der Waals surface area contributed by atoms with E-state index in [9.17, 15) is 10.2 Å². The van der Waals surface area contributed by atoms with Gasteiger partial charge in [0.15, 0.2) is 0 Å². The first-order chi connectivity index (χ1) is 12.0. The van der Waals surface area contributed by atoms with Crippen LogP contribution in [-0.4, -0.2) is 21.7 Å². The number of thioether (sulfide) groups is 2. The summed E-state index contributed by atoms with van der Waals surface area (Å²) in [5.74, 6) is 2.41. The molecular weight excluding hydrogens is 360 g/mol. The standard InChI is InChI=1S/C22H30O2S2/c1-21(2,3)15-7-9-17(23)19(13-15)25-11-12-26-20-14-16(22(4,5)6)8-10-18(20)24/h7-10,13-14,23-24H,11-12H2,1-6H3. The first-order valence-corrected chi connectivity index (χ1v) is 10.9. The highest BCUT2D eigenvalue weighted by molar-refractivity contribution is 8.03. The minimum atomic E-state index is 0.0664. The van der Waals surface area contributed by atoms with Gasteiger partial charge in [-0.3, -0.25) is 0 Å². The first kappa shape index (κ1) is 21.0. The Morgan fingerprint density at radius 3 is 1.31 bits per heavy atom. The smallest absolute Gasteiger partial charge is 0.129 e. The maximum atomic E-state index is 10.1. The van der Waals surface area contributed by atoms with Gasteiger partial charge < -0.3 is 10.2 Å². The zero-order chi connectivity index (χ0) is 19.5. The molecule has 2 aromatic carbocycles. The molecule has 2 N–H and O–H groups in total. The van der Waals surface area contributed by atoms with Crippen molar-refractivity contribution in [2.24, 2.45) is 0 Å². The molecule has 2 nitrogen and oxygen atoms in total. The fraction of sp³-hybridized carbons (Fsp3) is 0.455. The molecule has 0 heterocycles. The van der Waals surface area contributed by atoms with E-state index in [0.717, 1.165) is 21.3 Å². The van der Waals surface area contributed by atoms with Crippen LogP contribution in [0.5, 0.6) is 11.5 Å². The van der Waals surface area contributed by atoms with E-state index in [-0.39, 0.29) is 10.8 Å². The van der Waals surface area contributed by atoms with E-state index in [4.69, 9.17) is 0 Å². The number of phenols is 2. The number of phenolic OH excluding ortho intramolecular Hbond substituents is 2. The van der Waals surface area contributed by atoms with Crippen molar-refractivity contribution >= 4 is 23.5 Å². The van der Waals surface area contributed by atoms with Crippen LogP contribution in [0.1, 0.15) is 52.7 Å². The third-order valence-electron chi connectivity index (χ3n) is 4.25. The molecule has 0 amide bonds. The van der Waals surface area contributed by atoms with E-state index in [1.54, 1.807) is 35.7 Å². The Balaban J connectivity index is 2.00. The summed E-state index contributed by atoms with van der Waals surface area (Å²) in [6, 6.07) is 11.7. The van der Waals surface area contributed by atoms with E-state index < -0.39 is 0 Å².